The van der Waals surface area contributed by atoms with Gasteiger partial charge in [-0.3, -0.25) is 0 Å². The van der Waals surface area contributed by atoms with Crippen LogP contribution in [0.25, 0.3) is 0 Å². The van der Waals surface area contributed by atoms with Gasteiger partial charge in [-0.2, -0.15) is 0 Å². The molecule has 1 aliphatic heterocycles. The van der Waals surface area contributed by atoms with Gasteiger partial charge in [-0.1, -0.05) is 27.0 Å². The van der Waals surface area contributed by atoms with E-state index in [9.17, 15) is 0 Å². The quantitative estimate of drug-likeness (QED) is 0.717. The molecule has 2 heteroatoms. The van der Waals surface area contributed by atoms with Crippen molar-refractivity contribution in [2.45, 2.75) is 20.0 Å². The number of ether oxygens (including phenoxy) is 1. The highest BCUT2D eigenvalue weighted by Crippen LogP contribution is 2.18. The minimum Gasteiger partial charge on any atom is -0.486 e. The molecule has 0 aromatic heterocycles. The molecule has 0 amide bonds. The molecular formula is C11H17NO. The molecule has 0 spiro atoms. The van der Waals surface area contributed by atoms with Crippen molar-refractivity contribution in [1.29, 1.82) is 0 Å². The van der Waals surface area contributed by atoms with E-state index < -0.39 is 0 Å². The van der Waals surface area contributed by atoms with Gasteiger partial charge in [0.05, 0.1) is 12.2 Å². The van der Waals surface area contributed by atoms with Crippen LogP contribution in [0.2, 0.25) is 0 Å². The topological polar surface area (TPSA) is 21.3 Å². The molecule has 0 saturated heterocycles. The highest BCUT2D eigenvalue weighted by molar-refractivity contribution is 5.27. The van der Waals surface area contributed by atoms with Gasteiger partial charge in [0.1, 0.15) is 11.9 Å². The van der Waals surface area contributed by atoms with Gasteiger partial charge in [0.25, 0.3) is 0 Å². The van der Waals surface area contributed by atoms with Crippen LogP contribution in [0.5, 0.6) is 0 Å². The summed E-state index contributed by atoms with van der Waals surface area (Å²) >= 11 is 0. The third-order valence-electron chi connectivity index (χ3n) is 2.17. The van der Waals surface area contributed by atoms with Crippen molar-refractivity contribution in [2.75, 3.05) is 6.54 Å². The first-order chi connectivity index (χ1) is 6.19. The molecule has 1 aliphatic rings. The van der Waals surface area contributed by atoms with Gasteiger partial charge < -0.3 is 10.1 Å². The Morgan fingerprint density at radius 2 is 2.15 bits per heavy atom. The standard InChI is InChI=1S/C11H17NO/c1-5-9-10(6-2)13-11(7-12-9)8(3)4/h5-6,8,11-12H,1-2,7H2,3-4H3. The van der Waals surface area contributed by atoms with E-state index >= 15 is 0 Å². The van der Waals surface area contributed by atoms with Gasteiger partial charge in [0.15, 0.2) is 0 Å². The van der Waals surface area contributed by atoms with E-state index in [-0.39, 0.29) is 6.10 Å². The van der Waals surface area contributed by atoms with Crippen LogP contribution in [0.4, 0.5) is 0 Å². The lowest BCUT2D eigenvalue weighted by molar-refractivity contribution is 0.0707. The Hall–Kier alpha value is -1.18. The summed E-state index contributed by atoms with van der Waals surface area (Å²) in [6.45, 7) is 12.5. The third kappa shape index (κ3) is 2.14. The Bertz CT molecular complexity index is 240. The number of rotatable bonds is 3. The monoisotopic (exact) mass is 179 g/mol. The molecular weight excluding hydrogens is 162 g/mol. The highest BCUT2D eigenvalue weighted by Gasteiger charge is 2.21. The van der Waals surface area contributed by atoms with E-state index in [2.05, 4.69) is 32.3 Å². The Kier molecular flexibility index (Phi) is 3.18. The normalized spacial score (nSPS) is 22.2. The van der Waals surface area contributed by atoms with Crippen LogP contribution in [0.15, 0.2) is 36.8 Å². The van der Waals surface area contributed by atoms with Crippen molar-refractivity contribution in [2.24, 2.45) is 5.92 Å². The fraction of sp³-hybridized carbons (Fsp3) is 0.455. The van der Waals surface area contributed by atoms with Crippen LogP contribution in [0.1, 0.15) is 13.8 Å². The molecule has 0 aliphatic carbocycles. The van der Waals surface area contributed by atoms with E-state index in [1.165, 1.54) is 0 Å². The van der Waals surface area contributed by atoms with E-state index in [0.29, 0.717) is 5.92 Å². The first kappa shape index (κ1) is 9.90. The van der Waals surface area contributed by atoms with Crippen molar-refractivity contribution in [3.05, 3.63) is 36.8 Å². The van der Waals surface area contributed by atoms with E-state index in [1.807, 2.05) is 0 Å². The fourth-order valence-electron chi connectivity index (χ4n) is 1.27. The Morgan fingerprint density at radius 3 is 2.62 bits per heavy atom. The zero-order valence-electron chi connectivity index (χ0n) is 8.34. The summed E-state index contributed by atoms with van der Waals surface area (Å²) in [5.74, 6) is 1.31. The summed E-state index contributed by atoms with van der Waals surface area (Å²) in [6.07, 6.45) is 3.71. The SMILES string of the molecule is C=CC1=C(C=C)OC(C(C)C)CN1. The van der Waals surface area contributed by atoms with Crippen LogP contribution in [0, 0.1) is 5.92 Å². The molecule has 0 radical (unpaired) electrons. The second-order valence-electron chi connectivity index (χ2n) is 3.47. The predicted molar refractivity (Wildman–Crippen MR) is 55.1 cm³/mol. The van der Waals surface area contributed by atoms with Gasteiger partial charge >= 0.3 is 0 Å². The molecule has 1 rings (SSSR count). The van der Waals surface area contributed by atoms with E-state index in [4.69, 9.17) is 4.74 Å². The minimum absolute atomic E-state index is 0.233. The first-order valence-corrected chi connectivity index (χ1v) is 4.58. The van der Waals surface area contributed by atoms with Crippen LogP contribution in [0.3, 0.4) is 0 Å². The molecule has 0 aromatic carbocycles. The highest BCUT2D eigenvalue weighted by atomic mass is 16.5. The molecule has 0 bridgehead atoms. The molecule has 0 saturated carbocycles. The molecule has 13 heavy (non-hydrogen) atoms. The zero-order valence-corrected chi connectivity index (χ0v) is 8.34. The summed E-state index contributed by atoms with van der Waals surface area (Å²) in [4.78, 5) is 0. The number of allylic oxidation sites excluding steroid dienone is 2. The number of nitrogens with one attached hydrogen (secondary N) is 1. The maximum Gasteiger partial charge on any atom is 0.142 e. The maximum atomic E-state index is 5.73. The Labute approximate surface area is 80.0 Å². The molecule has 1 heterocycles. The van der Waals surface area contributed by atoms with Crippen molar-refractivity contribution in [3.63, 3.8) is 0 Å². The molecule has 0 fully saturated rings. The lowest BCUT2D eigenvalue weighted by Crippen LogP contribution is -2.37. The zero-order chi connectivity index (χ0) is 9.84. The second-order valence-corrected chi connectivity index (χ2v) is 3.47. The van der Waals surface area contributed by atoms with Gasteiger partial charge in [0.2, 0.25) is 0 Å². The molecule has 1 N–H and O–H groups in total. The molecule has 1 atom stereocenters. The number of hydrogen-bond donors (Lipinski definition) is 1. The molecule has 72 valence electrons. The summed E-state index contributed by atoms with van der Waals surface area (Å²) in [5, 5.41) is 3.27. The summed E-state index contributed by atoms with van der Waals surface area (Å²) < 4.78 is 5.73. The lowest BCUT2D eigenvalue weighted by atomic mass is 10.1. The molecule has 2 nitrogen and oxygen atoms in total. The van der Waals surface area contributed by atoms with Gasteiger partial charge in [-0.05, 0) is 18.1 Å². The van der Waals surface area contributed by atoms with Crippen molar-refractivity contribution in [3.8, 4) is 0 Å². The fourth-order valence-corrected chi connectivity index (χ4v) is 1.27. The Balaban J connectivity index is 2.77. The van der Waals surface area contributed by atoms with Crippen LogP contribution >= 0.6 is 0 Å². The number of hydrogen-bond acceptors (Lipinski definition) is 2. The van der Waals surface area contributed by atoms with Crippen LogP contribution < -0.4 is 5.32 Å². The smallest absolute Gasteiger partial charge is 0.142 e. The second kappa shape index (κ2) is 4.17. The van der Waals surface area contributed by atoms with Crippen LogP contribution in [-0.2, 0) is 4.74 Å². The van der Waals surface area contributed by atoms with E-state index in [1.54, 1.807) is 12.2 Å². The molecule has 0 aromatic rings. The summed E-state index contributed by atoms with van der Waals surface area (Å²) in [6, 6.07) is 0. The summed E-state index contributed by atoms with van der Waals surface area (Å²) in [7, 11) is 0. The summed E-state index contributed by atoms with van der Waals surface area (Å²) in [5.41, 5.74) is 0.937. The van der Waals surface area contributed by atoms with Crippen molar-refractivity contribution < 1.29 is 4.74 Å². The first-order valence-electron chi connectivity index (χ1n) is 4.58. The average molecular weight is 179 g/mol. The van der Waals surface area contributed by atoms with Crippen molar-refractivity contribution >= 4 is 0 Å². The molecule has 1 unspecified atom stereocenters. The van der Waals surface area contributed by atoms with E-state index in [0.717, 1.165) is 18.0 Å². The third-order valence-corrected chi connectivity index (χ3v) is 2.17. The average Bonchev–Trinajstić information content (AvgIpc) is 2.16. The lowest BCUT2D eigenvalue weighted by Gasteiger charge is -2.29. The minimum atomic E-state index is 0.233. The predicted octanol–water partition coefficient (Wildman–Crippen LogP) is 2.21. The van der Waals surface area contributed by atoms with Crippen LogP contribution in [-0.4, -0.2) is 12.6 Å². The van der Waals surface area contributed by atoms with Crippen molar-refractivity contribution in [1.82, 2.24) is 5.32 Å². The van der Waals surface area contributed by atoms with Gasteiger partial charge in [-0.15, -0.1) is 0 Å². The van der Waals surface area contributed by atoms with Gasteiger partial charge in [-0.25, -0.2) is 0 Å². The Morgan fingerprint density at radius 1 is 1.46 bits per heavy atom. The maximum absolute atomic E-state index is 5.73. The largest absolute Gasteiger partial charge is 0.486 e. The van der Waals surface area contributed by atoms with Gasteiger partial charge in [0, 0.05) is 0 Å².